The summed E-state index contributed by atoms with van der Waals surface area (Å²) in [4.78, 5) is 20.5. The van der Waals surface area contributed by atoms with Gasteiger partial charge in [-0.3, -0.25) is 4.79 Å². The van der Waals surface area contributed by atoms with Crippen LogP contribution in [0.25, 0.3) is 0 Å². The molecule has 1 rings (SSSR count). The second-order valence-electron chi connectivity index (χ2n) is 2.43. The molecule has 0 aromatic carbocycles. The van der Waals surface area contributed by atoms with Gasteiger partial charge in [0.05, 0.1) is 19.8 Å². The molecule has 1 fully saturated rings. The highest BCUT2D eigenvalue weighted by atomic mass is 16.6. The van der Waals surface area contributed by atoms with Gasteiger partial charge in [-0.2, -0.15) is 0 Å². The number of ether oxygens (including phenoxy) is 2. The third-order valence-corrected chi connectivity index (χ3v) is 1.65. The van der Waals surface area contributed by atoms with Crippen LogP contribution in [0.1, 0.15) is 0 Å². The molecule has 0 aromatic rings. The Morgan fingerprint density at radius 3 is 2.75 bits per heavy atom. The average Bonchev–Trinajstić information content (AvgIpc) is 2.15. The van der Waals surface area contributed by atoms with Gasteiger partial charge in [-0.15, -0.1) is 0 Å². The van der Waals surface area contributed by atoms with Crippen molar-refractivity contribution in [2.45, 2.75) is 12.1 Å². The zero-order valence-electron chi connectivity index (χ0n) is 6.56. The summed E-state index contributed by atoms with van der Waals surface area (Å²) < 4.78 is 10.3. The number of carbonyl (C=O) groups excluding carboxylic acids is 2. The highest BCUT2D eigenvalue weighted by molar-refractivity contribution is 5.64. The molecule has 0 bridgehead atoms. The molecule has 1 amide bonds. The van der Waals surface area contributed by atoms with Gasteiger partial charge in [-0.25, -0.2) is 0 Å². The number of aldehydes is 1. The van der Waals surface area contributed by atoms with E-state index in [2.05, 4.69) is 5.32 Å². The third kappa shape index (κ3) is 2.28. The molecular weight excluding hydrogens is 162 g/mol. The highest BCUT2D eigenvalue weighted by Gasteiger charge is 2.23. The number of amides is 1. The molecule has 0 aliphatic carbocycles. The molecular formula is C7H11NO4. The minimum atomic E-state index is -0.595. The van der Waals surface area contributed by atoms with E-state index in [0.29, 0.717) is 32.5 Å². The van der Waals surface area contributed by atoms with Gasteiger partial charge in [-0.05, 0) is 0 Å². The first-order valence-corrected chi connectivity index (χ1v) is 3.73. The Kier molecular flexibility index (Phi) is 3.69. The van der Waals surface area contributed by atoms with Gasteiger partial charge in [-0.1, -0.05) is 0 Å². The molecule has 0 spiro atoms. The van der Waals surface area contributed by atoms with Gasteiger partial charge < -0.3 is 19.6 Å². The predicted octanol–water partition coefficient (Wildman–Crippen LogP) is -1.28. The smallest absolute Gasteiger partial charge is 0.207 e. The van der Waals surface area contributed by atoms with Crippen molar-refractivity contribution >= 4 is 12.7 Å². The van der Waals surface area contributed by atoms with E-state index in [1.165, 1.54) is 0 Å². The summed E-state index contributed by atoms with van der Waals surface area (Å²) in [6, 6.07) is -0.595. The van der Waals surface area contributed by atoms with Crippen LogP contribution in [-0.2, 0) is 19.1 Å². The van der Waals surface area contributed by atoms with E-state index in [9.17, 15) is 9.59 Å². The summed E-state index contributed by atoms with van der Waals surface area (Å²) in [5, 5.41) is 2.35. The van der Waals surface area contributed by atoms with Gasteiger partial charge in [0, 0.05) is 0 Å². The van der Waals surface area contributed by atoms with Crippen molar-refractivity contribution in [1.82, 2.24) is 5.32 Å². The lowest BCUT2D eigenvalue weighted by atomic mass is 10.2. The molecule has 5 heteroatoms. The molecule has 1 N–H and O–H groups in total. The fourth-order valence-corrected chi connectivity index (χ4v) is 1.03. The van der Waals surface area contributed by atoms with E-state index in [0.717, 1.165) is 0 Å². The lowest BCUT2D eigenvalue weighted by molar-refractivity contribution is -0.129. The molecule has 0 radical (unpaired) electrons. The molecule has 68 valence electrons. The van der Waals surface area contributed by atoms with Crippen molar-refractivity contribution in [1.29, 1.82) is 0 Å². The Balaban J connectivity index is 2.39. The van der Waals surface area contributed by atoms with Gasteiger partial charge in [0.15, 0.2) is 0 Å². The fourth-order valence-electron chi connectivity index (χ4n) is 1.03. The number of rotatable bonds is 4. The first kappa shape index (κ1) is 9.15. The van der Waals surface area contributed by atoms with E-state index >= 15 is 0 Å². The second-order valence-corrected chi connectivity index (χ2v) is 2.43. The van der Waals surface area contributed by atoms with E-state index in [-0.39, 0.29) is 6.10 Å². The van der Waals surface area contributed by atoms with Crippen molar-refractivity contribution in [2.24, 2.45) is 0 Å². The molecule has 5 nitrogen and oxygen atoms in total. The topological polar surface area (TPSA) is 64.6 Å². The predicted molar refractivity (Wildman–Crippen MR) is 39.6 cm³/mol. The van der Waals surface area contributed by atoms with Crippen LogP contribution in [0, 0.1) is 0 Å². The summed E-state index contributed by atoms with van der Waals surface area (Å²) in [6.07, 6.45) is 0.784. The summed E-state index contributed by atoms with van der Waals surface area (Å²) >= 11 is 0. The van der Waals surface area contributed by atoms with Crippen LogP contribution in [0.15, 0.2) is 0 Å². The second kappa shape index (κ2) is 4.84. The number of carbonyl (C=O) groups is 2. The lowest BCUT2D eigenvalue weighted by Crippen LogP contribution is -2.47. The van der Waals surface area contributed by atoms with Gasteiger partial charge in [0.1, 0.15) is 18.4 Å². The molecule has 1 aliphatic heterocycles. The van der Waals surface area contributed by atoms with E-state index in [1.54, 1.807) is 0 Å². The van der Waals surface area contributed by atoms with Crippen molar-refractivity contribution in [3.05, 3.63) is 0 Å². The fraction of sp³-hybridized carbons (Fsp3) is 0.714. The van der Waals surface area contributed by atoms with Crippen LogP contribution in [0.5, 0.6) is 0 Å². The zero-order chi connectivity index (χ0) is 8.81. The number of hydrogen-bond donors (Lipinski definition) is 1. The average molecular weight is 173 g/mol. The monoisotopic (exact) mass is 173 g/mol. The molecule has 1 heterocycles. The Bertz CT molecular complexity index is 155. The minimum Gasteiger partial charge on any atom is -0.376 e. The van der Waals surface area contributed by atoms with Crippen LogP contribution in [0.2, 0.25) is 0 Å². The molecule has 12 heavy (non-hydrogen) atoms. The number of nitrogens with one attached hydrogen (secondary N) is 1. The van der Waals surface area contributed by atoms with Crippen LogP contribution >= 0.6 is 0 Å². The highest BCUT2D eigenvalue weighted by Crippen LogP contribution is 2.03. The van der Waals surface area contributed by atoms with Crippen LogP contribution in [0.3, 0.4) is 0 Å². The van der Waals surface area contributed by atoms with Crippen molar-refractivity contribution < 1.29 is 19.1 Å². The Morgan fingerprint density at radius 2 is 2.25 bits per heavy atom. The Hall–Kier alpha value is -0.940. The summed E-state index contributed by atoms with van der Waals surface area (Å²) in [6.45, 7) is 1.36. The molecule has 2 atom stereocenters. The Labute approximate surface area is 70.0 Å². The first-order chi connectivity index (χ1) is 5.88. The van der Waals surface area contributed by atoms with Gasteiger partial charge in [0.25, 0.3) is 0 Å². The molecule has 1 saturated heterocycles. The SMILES string of the molecule is O=CNC(C=O)C1COCCO1. The maximum absolute atomic E-state index is 10.4. The van der Waals surface area contributed by atoms with E-state index < -0.39 is 6.04 Å². The molecule has 1 aliphatic rings. The van der Waals surface area contributed by atoms with Crippen molar-refractivity contribution in [2.75, 3.05) is 19.8 Å². The largest absolute Gasteiger partial charge is 0.376 e. The molecule has 2 unspecified atom stereocenters. The van der Waals surface area contributed by atoms with Gasteiger partial charge >= 0.3 is 0 Å². The number of hydrogen-bond acceptors (Lipinski definition) is 4. The third-order valence-electron chi connectivity index (χ3n) is 1.65. The van der Waals surface area contributed by atoms with E-state index in [1.807, 2.05) is 0 Å². The quantitative estimate of drug-likeness (QED) is 0.537. The summed E-state index contributed by atoms with van der Waals surface area (Å²) in [5.74, 6) is 0. The Morgan fingerprint density at radius 1 is 1.42 bits per heavy atom. The lowest BCUT2D eigenvalue weighted by Gasteiger charge is -2.26. The van der Waals surface area contributed by atoms with Gasteiger partial charge in [0.2, 0.25) is 6.41 Å². The van der Waals surface area contributed by atoms with Crippen LogP contribution in [0.4, 0.5) is 0 Å². The van der Waals surface area contributed by atoms with Crippen LogP contribution in [-0.4, -0.2) is 44.7 Å². The van der Waals surface area contributed by atoms with Crippen molar-refractivity contribution in [3.63, 3.8) is 0 Å². The van der Waals surface area contributed by atoms with Crippen LogP contribution < -0.4 is 5.32 Å². The van der Waals surface area contributed by atoms with E-state index in [4.69, 9.17) is 9.47 Å². The molecule has 0 saturated carbocycles. The summed E-state index contributed by atoms with van der Waals surface area (Å²) in [7, 11) is 0. The first-order valence-electron chi connectivity index (χ1n) is 3.73. The molecule has 0 aromatic heterocycles. The maximum atomic E-state index is 10.4. The standard InChI is InChI=1S/C7H11NO4/c9-3-6(8-5-10)7-4-11-1-2-12-7/h3,5-7H,1-2,4H2,(H,8,10). The van der Waals surface area contributed by atoms with Crippen molar-refractivity contribution in [3.8, 4) is 0 Å². The minimum absolute atomic E-state index is 0.346. The maximum Gasteiger partial charge on any atom is 0.207 e. The zero-order valence-corrected chi connectivity index (χ0v) is 6.56. The normalized spacial score (nSPS) is 25.8. The summed E-state index contributed by atoms with van der Waals surface area (Å²) in [5.41, 5.74) is 0.